The van der Waals surface area contributed by atoms with E-state index in [9.17, 15) is 0 Å². The first-order chi connectivity index (χ1) is 11.7. The Kier molecular flexibility index (Phi) is 7.56. The third-order valence-corrected chi connectivity index (χ3v) is 4.98. The molecular formula is C18H29N3O2S. The Balaban J connectivity index is 1.99. The van der Waals surface area contributed by atoms with Gasteiger partial charge in [0.05, 0.1) is 14.2 Å². The fraction of sp³-hybridized carbons (Fsp3) is 0.611. The van der Waals surface area contributed by atoms with E-state index in [1.54, 1.807) is 14.2 Å². The summed E-state index contributed by atoms with van der Waals surface area (Å²) in [5, 5.41) is 3.49. The lowest BCUT2D eigenvalue weighted by atomic mass is 9.99. The van der Waals surface area contributed by atoms with Crippen molar-refractivity contribution >= 4 is 17.7 Å². The van der Waals surface area contributed by atoms with Crippen molar-refractivity contribution in [2.45, 2.75) is 25.8 Å². The monoisotopic (exact) mass is 351 g/mol. The van der Waals surface area contributed by atoms with Crippen LogP contribution in [0.4, 0.5) is 0 Å². The van der Waals surface area contributed by atoms with Crippen molar-refractivity contribution in [3.8, 4) is 11.5 Å². The van der Waals surface area contributed by atoms with E-state index >= 15 is 0 Å². The Labute approximate surface area is 149 Å². The van der Waals surface area contributed by atoms with Crippen molar-refractivity contribution in [1.82, 2.24) is 10.2 Å². The predicted octanol–water partition coefficient (Wildman–Crippen LogP) is 2.78. The van der Waals surface area contributed by atoms with Gasteiger partial charge in [-0.2, -0.15) is 11.8 Å². The summed E-state index contributed by atoms with van der Waals surface area (Å²) in [4.78, 5) is 6.76. The number of fused-ring (bicyclic) bond motifs is 1. The van der Waals surface area contributed by atoms with Crippen molar-refractivity contribution < 1.29 is 9.47 Å². The number of unbranched alkanes of at least 4 members (excludes halogenated alkanes) is 1. The van der Waals surface area contributed by atoms with Crippen molar-refractivity contribution in [2.75, 3.05) is 46.4 Å². The van der Waals surface area contributed by atoms with Crippen LogP contribution >= 0.6 is 11.8 Å². The van der Waals surface area contributed by atoms with Crippen LogP contribution in [0.25, 0.3) is 0 Å². The number of aliphatic imine (C=N–C) groups is 1. The molecule has 1 aromatic carbocycles. The van der Waals surface area contributed by atoms with E-state index in [2.05, 4.69) is 33.6 Å². The molecule has 0 saturated heterocycles. The van der Waals surface area contributed by atoms with Crippen molar-refractivity contribution in [1.29, 1.82) is 0 Å². The molecule has 134 valence electrons. The topological polar surface area (TPSA) is 46.1 Å². The molecule has 1 aromatic rings. The van der Waals surface area contributed by atoms with E-state index in [4.69, 9.17) is 9.47 Å². The fourth-order valence-electron chi connectivity index (χ4n) is 2.97. The Morgan fingerprint density at radius 1 is 1.21 bits per heavy atom. The molecule has 1 aliphatic heterocycles. The van der Waals surface area contributed by atoms with E-state index in [1.807, 2.05) is 18.8 Å². The molecule has 1 aliphatic rings. The number of benzene rings is 1. The Bertz CT molecular complexity index is 563. The van der Waals surface area contributed by atoms with Crippen molar-refractivity contribution in [2.24, 2.45) is 4.99 Å². The third kappa shape index (κ3) is 4.72. The van der Waals surface area contributed by atoms with Gasteiger partial charge in [0.15, 0.2) is 17.5 Å². The predicted molar refractivity (Wildman–Crippen MR) is 103 cm³/mol. The third-order valence-electron chi connectivity index (χ3n) is 4.29. The number of hydrogen-bond donors (Lipinski definition) is 1. The summed E-state index contributed by atoms with van der Waals surface area (Å²) < 4.78 is 10.8. The molecule has 0 saturated carbocycles. The van der Waals surface area contributed by atoms with Crippen LogP contribution in [0, 0.1) is 0 Å². The van der Waals surface area contributed by atoms with E-state index in [-0.39, 0.29) is 0 Å². The summed E-state index contributed by atoms with van der Waals surface area (Å²) in [5.74, 6) is 3.80. The fourth-order valence-corrected chi connectivity index (χ4v) is 3.46. The zero-order valence-electron chi connectivity index (χ0n) is 15.2. The summed E-state index contributed by atoms with van der Waals surface area (Å²) in [6.07, 6.45) is 5.56. The second-order valence-electron chi connectivity index (χ2n) is 5.82. The zero-order valence-corrected chi connectivity index (χ0v) is 16.0. The Morgan fingerprint density at radius 3 is 2.54 bits per heavy atom. The highest BCUT2D eigenvalue weighted by molar-refractivity contribution is 7.98. The summed E-state index contributed by atoms with van der Waals surface area (Å²) in [6, 6.07) is 4.19. The van der Waals surface area contributed by atoms with Gasteiger partial charge in [-0.1, -0.05) is 0 Å². The molecule has 0 amide bonds. The number of methoxy groups -OCH3 is 2. The minimum atomic E-state index is 0.790. The molecule has 1 heterocycles. The maximum atomic E-state index is 5.44. The molecule has 0 bridgehead atoms. The number of thioether (sulfide) groups is 1. The van der Waals surface area contributed by atoms with E-state index < -0.39 is 0 Å². The van der Waals surface area contributed by atoms with Gasteiger partial charge in [0.1, 0.15) is 0 Å². The van der Waals surface area contributed by atoms with Crippen LogP contribution in [-0.4, -0.2) is 57.2 Å². The number of rotatable bonds is 7. The molecule has 0 radical (unpaired) electrons. The molecule has 0 fully saturated rings. The number of guanidine groups is 1. The highest BCUT2D eigenvalue weighted by Crippen LogP contribution is 2.33. The van der Waals surface area contributed by atoms with Crippen molar-refractivity contribution in [3.05, 3.63) is 23.3 Å². The van der Waals surface area contributed by atoms with Gasteiger partial charge in [0.2, 0.25) is 0 Å². The SMILES string of the molecule is CN=C(NCCCCSC)N1CCc2cc(OC)c(OC)cc2C1. The molecule has 0 atom stereocenters. The standard InChI is InChI=1S/C18H29N3O2S/c1-19-18(20-8-5-6-10-24-4)21-9-7-14-11-16(22-2)17(23-3)12-15(14)13-21/h11-12H,5-10,13H2,1-4H3,(H,19,20). The summed E-state index contributed by atoms with van der Waals surface area (Å²) >= 11 is 1.90. The maximum Gasteiger partial charge on any atom is 0.193 e. The lowest BCUT2D eigenvalue weighted by molar-refractivity contribution is 0.346. The average molecular weight is 352 g/mol. The van der Waals surface area contributed by atoms with Crippen molar-refractivity contribution in [3.63, 3.8) is 0 Å². The number of nitrogens with zero attached hydrogens (tertiary/aromatic N) is 2. The summed E-state index contributed by atoms with van der Waals surface area (Å²) in [7, 11) is 5.22. The highest BCUT2D eigenvalue weighted by Gasteiger charge is 2.21. The van der Waals surface area contributed by atoms with Crippen LogP contribution in [0.2, 0.25) is 0 Å². The zero-order chi connectivity index (χ0) is 17.4. The molecule has 0 aliphatic carbocycles. The Morgan fingerprint density at radius 2 is 1.92 bits per heavy atom. The first kappa shape index (κ1) is 18.8. The normalized spacial score (nSPS) is 14.3. The summed E-state index contributed by atoms with van der Waals surface area (Å²) in [5.41, 5.74) is 2.61. The van der Waals surface area contributed by atoms with Crippen LogP contribution in [0.5, 0.6) is 11.5 Å². The van der Waals surface area contributed by atoms with Gasteiger partial charge in [-0.3, -0.25) is 4.99 Å². The van der Waals surface area contributed by atoms with Crippen LogP contribution in [-0.2, 0) is 13.0 Å². The quantitative estimate of drug-likeness (QED) is 0.465. The van der Waals surface area contributed by atoms with Gasteiger partial charge >= 0.3 is 0 Å². The van der Waals surface area contributed by atoms with Gasteiger partial charge in [-0.15, -0.1) is 0 Å². The molecule has 0 aromatic heterocycles. The summed E-state index contributed by atoms with van der Waals surface area (Å²) in [6.45, 7) is 2.79. The number of nitrogens with one attached hydrogen (secondary N) is 1. The largest absolute Gasteiger partial charge is 0.493 e. The number of hydrogen-bond acceptors (Lipinski definition) is 4. The molecule has 6 heteroatoms. The average Bonchev–Trinajstić information content (AvgIpc) is 2.63. The highest BCUT2D eigenvalue weighted by atomic mass is 32.2. The Hall–Kier alpha value is -1.56. The minimum absolute atomic E-state index is 0.790. The van der Waals surface area contributed by atoms with Gasteiger partial charge in [-0.05, 0) is 54.5 Å². The van der Waals surface area contributed by atoms with E-state index in [1.165, 1.54) is 29.7 Å². The molecular weight excluding hydrogens is 322 g/mol. The van der Waals surface area contributed by atoms with E-state index in [0.717, 1.165) is 43.5 Å². The molecule has 0 spiro atoms. The van der Waals surface area contributed by atoms with Gasteiger partial charge in [-0.25, -0.2) is 0 Å². The van der Waals surface area contributed by atoms with Gasteiger partial charge in [0.25, 0.3) is 0 Å². The lowest BCUT2D eigenvalue weighted by Crippen LogP contribution is -2.44. The van der Waals surface area contributed by atoms with Crippen LogP contribution in [0.1, 0.15) is 24.0 Å². The van der Waals surface area contributed by atoms with Crippen LogP contribution in [0.3, 0.4) is 0 Å². The molecule has 0 unspecified atom stereocenters. The van der Waals surface area contributed by atoms with Gasteiger partial charge < -0.3 is 19.7 Å². The number of ether oxygens (including phenoxy) is 2. The smallest absolute Gasteiger partial charge is 0.193 e. The molecule has 5 nitrogen and oxygen atoms in total. The second kappa shape index (κ2) is 9.67. The van der Waals surface area contributed by atoms with Crippen LogP contribution in [0.15, 0.2) is 17.1 Å². The molecule has 2 rings (SSSR count). The minimum Gasteiger partial charge on any atom is -0.493 e. The van der Waals surface area contributed by atoms with Gasteiger partial charge in [0, 0.05) is 26.7 Å². The second-order valence-corrected chi connectivity index (χ2v) is 6.81. The lowest BCUT2D eigenvalue weighted by Gasteiger charge is -2.32. The molecule has 24 heavy (non-hydrogen) atoms. The first-order valence-electron chi connectivity index (χ1n) is 8.41. The van der Waals surface area contributed by atoms with Crippen LogP contribution < -0.4 is 14.8 Å². The van der Waals surface area contributed by atoms with E-state index in [0.29, 0.717) is 0 Å². The molecule has 1 N–H and O–H groups in total. The first-order valence-corrected chi connectivity index (χ1v) is 9.81. The maximum absolute atomic E-state index is 5.44.